The van der Waals surface area contributed by atoms with Gasteiger partial charge in [0.2, 0.25) is 9.05 Å². The third-order valence-electron chi connectivity index (χ3n) is 1.51. The number of nitrogens with zero attached hydrogens (tertiary/aromatic N) is 2. The molecule has 0 saturated heterocycles. The summed E-state index contributed by atoms with van der Waals surface area (Å²) < 4.78 is 23.1. The van der Waals surface area contributed by atoms with Crippen molar-refractivity contribution in [1.29, 1.82) is 0 Å². The van der Waals surface area contributed by atoms with Crippen LogP contribution in [-0.2, 0) is 14.8 Å². The highest BCUT2D eigenvalue weighted by molar-refractivity contribution is 8.13. The minimum atomic E-state index is -3.49. The van der Waals surface area contributed by atoms with Gasteiger partial charge in [0, 0.05) is 22.9 Å². The second-order valence-electron chi connectivity index (χ2n) is 3.06. The van der Waals surface area contributed by atoms with Crippen molar-refractivity contribution >= 4 is 19.7 Å². The first kappa shape index (κ1) is 10.5. The summed E-state index contributed by atoms with van der Waals surface area (Å²) in [6.45, 7) is 3.93. The van der Waals surface area contributed by atoms with E-state index in [0.29, 0.717) is 5.69 Å². The summed E-state index contributed by atoms with van der Waals surface area (Å²) in [5.74, 6) is -0.214. The van der Waals surface area contributed by atoms with Gasteiger partial charge in [-0.15, -0.1) is 0 Å². The van der Waals surface area contributed by atoms with Gasteiger partial charge in [-0.25, -0.2) is 8.42 Å². The van der Waals surface area contributed by atoms with Crippen molar-refractivity contribution in [3.8, 4) is 0 Å². The highest BCUT2D eigenvalue weighted by atomic mass is 35.7. The Morgan fingerprint density at radius 3 is 2.62 bits per heavy atom. The van der Waals surface area contributed by atoms with E-state index >= 15 is 0 Å². The Morgan fingerprint density at radius 1 is 1.62 bits per heavy atom. The molecule has 0 atom stereocenters. The predicted molar refractivity (Wildman–Crippen MR) is 51.1 cm³/mol. The van der Waals surface area contributed by atoms with Crippen LogP contribution in [0.3, 0.4) is 0 Å². The SMILES string of the molecule is CC(C)n1ccc(CS(=O)(=O)Cl)n1. The monoisotopic (exact) mass is 222 g/mol. The summed E-state index contributed by atoms with van der Waals surface area (Å²) in [4.78, 5) is 0. The minimum Gasteiger partial charge on any atom is -0.270 e. The van der Waals surface area contributed by atoms with Gasteiger partial charge in [-0.3, -0.25) is 4.68 Å². The Kier molecular flexibility index (Phi) is 2.98. The summed E-state index contributed by atoms with van der Waals surface area (Å²) in [6, 6.07) is 1.88. The molecule has 0 aliphatic heterocycles. The Bertz CT molecular complexity index is 383. The third-order valence-corrected chi connectivity index (χ3v) is 2.48. The van der Waals surface area contributed by atoms with Crippen LogP contribution in [0.1, 0.15) is 25.6 Å². The Labute approximate surface area is 81.9 Å². The van der Waals surface area contributed by atoms with Crippen molar-refractivity contribution in [1.82, 2.24) is 9.78 Å². The van der Waals surface area contributed by atoms with Gasteiger partial charge in [0.15, 0.2) is 0 Å². The normalized spacial score (nSPS) is 12.3. The molecule has 0 saturated carbocycles. The molecule has 0 aromatic carbocycles. The van der Waals surface area contributed by atoms with Gasteiger partial charge in [-0.1, -0.05) is 0 Å². The molecule has 0 aliphatic carbocycles. The molecule has 74 valence electrons. The fraction of sp³-hybridized carbons (Fsp3) is 0.571. The molecule has 4 nitrogen and oxygen atoms in total. The number of aromatic nitrogens is 2. The largest absolute Gasteiger partial charge is 0.270 e. The maximum absolute atomic E-state index is 10.7. The standard InChI is InChI=1S/C7H11ClN2O2S/c1-6(2)10-4-3-7(9-10)5-13(8,11)12/h3-4,6H,5H2,1-2H3. The summed E-state index contributed by atoms with van der Waals surface area (Å²) >= 11 is 0. The van der Waals surface area contributed by atoms with Crippen molar-refractivity contribution in [3.63, 3.8) is 0 Å². The summed E-state index contributed by atoms with van der Waals surface area (Å²) in [5.41, 5.74) is 0.476. The van der Waals surface area contributed by atoms with Gasteiger partial charge in [0.25, 0.3) is 0 Å². The average molecular weight is 223 g/mol. The molecule has 0 unspecified atom stereocenters. The molecular weight excluding hydrogens is 212 g/mol. The first-order chi connectivity index (χ1) is 5.88. The molecule has 0 fully saturated rings. The van der Waals surface area contributed by atoms with Crippen LogP contribution < -0.4 is 0 Å². The van der Waals surface area contributed by atoms with E-state index in [1.807, 2.05) is 13.8 Å². The van der Waals surface area contributed by atoms with Crippen molar-refractivity contribution < 1.29 is 8.42 Å². The molecule has 0 aliphatic rings. The summed E-state index contributed by atoms with van der Waals surface area (Å²) in [5, 5.41) is 4.05. The van der Waals surface area contributed by atoms with Crippen LogP contribution in [0.4, 0.5) is 0 Å². The number of hydrogen-bond donors (Lipinski definition) is 0. The quantitative estimate of drug-likeness (QED) is 0.729. The zero-order valence-corrected chi connectivity index (χ0v) is 9.01. The van der Waals surface area contributed by atoms with Gasteiger partial charge in [-0.2, -0.15) is 5.10 Å². The van der Waals surface area contributed by atoms with Gasteiger partial charge in [-0.05, 0) is 19.9 Å². The lowest BCUT2D eigenvalue weighted by Crippen LogP contribution is -2.03. The van der Waals surface area contributed by atoms with Crippen LogP contribution in [0.5, 0.6) is 0 Å². The van der Waals surface area contributed by atoms with Gasteiger partial charge < -0.3 is 0 Å². The van der Waals surface area contributed by atoms with Crippen LogP contribution >= 0.6 is 10.7 Å². The average Bonchev–Trinajstić information content (AvgIpc) is 2.31. The Hall–Kier alpha value is -0.550. The van der Waals surface area contributed by atoms with Crippen LogP contribution in [0.25, 0.3) is 0 Å². The molecule has 0 bridgehead atoms. The van der Waals surface area contributed by atoms with Crippen LogP contribution in [0.15, 0.2) is 12.3 Å². The molecule has 0 N–H and O–H groups in total. The summed E-state index contributed by atoms with van der Waals surface area (Å²) in [7, 11) is 1.59. The predicted octanol–water partition coefficient (Wildman–Crippen LogP) is 1.53. The van der Waals surface area contributed by atoms with Gasteiger partial charge in [0.1, 0.15) is 5.75 Å². The van der Waals surface area contributed by atoms with E-state index in [1.54, 1.807) is 16.9 Å². The fourth-order valence-corrected chi connectivity index (χ4v) is 1.76. The smallest absolute Gasteiger partial charge is 0.238 e. The van der Waals surface area contributed by atoms with Crippen LogP contribution in [0.2, 0.25) is 0 Å². The third kappa shape index (κ3) is 3.36. The van der Waals surface area contributed by atoms with E-state index in [4.69, 9.17) is 10.7 Å². The van der Waals surface area contributed by atoms with Crippen LogP contribution in [-0.4, -0.2) is 18.2 Å². The maximum atomic E-state index is 10.7. The molecule has 1 aromatic heterocycles. The number of hydrogen-bond acceptors (Lipinski definition) is 3. The Balaban J connectivity index is 2.81. The van der Waals surface area contributed by atoms with E-state index in [-0.39, 0.29) is 11.8 Å². The van der Waals surface area contributed by atoms with Gasteiger partial charge >= 0.3 is 0 Å². The fourth-order valence-electron chi connectivity index (χ4n) is 0.919. The van der Waals surface area contributed by atoms with E-state index in [1.165, 1.54) is 0 Å². The summed E-state index contributed by atoms with van der Waals surface area (Å²) in [6.07, 6.45) is 1.74. The molecule has 0 spiro atoms. The van der Waals surface area contributed by atoms with Gasteiger partial charge in [0.05, 0.1) is 5.69 Å². The molecular formula is C7H11ClN2O2S. The lowest BCUT2D eigenvalue weighted by atomic mass is 10.4. The Morgan fingerprint density at radius 2 is 2.23 bits per heavy atom. The van der Waals surface area contributed by atoms with Crippen molar-refractivity contribution in [3.05, 3.63) is 18.0 Å². The maximum Gasteiger partial charge on any atom is 0.238 e. The first-order valence-electron chi connectivity index (χ1n) is 3.85. The zero-order chi connectivity index (χ0) is 10.1. The van der Waals surface area contributed by atoms with Crippen molar-refractivity contribution in [2.24, 2.45) is 0 Å². The number of rotatable bonds is 3. The molecule has 1 heterocycles. The highest BCUT2D eigenvalue weighted by Crippen LogP contribution is 2.09. The number of halogens is 1. The van der Waals surface area contributed by atoms with Crippen molar-refractivity contribution in [2.75, 3.05) is 0 Å². The second kappa shape index (κ2) is 3.67. The molecule has 0 radical (unpaired) electrons. The lowest BCUT2D eigenvalue weighted by Gasteiger charge is -2.03. The molecule has 1 rings (SSSR count). The lowest BCUT2D eigenvalue weighted by molar-refractivity contribution is 0.528. The first-order valence-corrected chi connectivity index (χ1v) is 6.33. The zero-order valence-electron chi connectivity index (χ0n) is 7.44. The van der Waals surface area contributed by atoms with E-state index in [2.05, 4.69) is 5.10 Å². The van der Waals surface area contributed by atoms with Crippen LogP contribution in [0, 0.1) is 0 Å². The molecule has 6 heteroatoms. The van der Waals surface area contributed by atoms with E-state index in [0.717, 1.165) is 0 Å². The minimum absolute atomic E-state index is 0.214. The molecule has 1 aromatic rings. The van der Waals surface area contributed by atoms with E-state index < -0.39 is 9.05 Å². The van der Waals surface area contributed by atoms with Crippen molar-refractivity contribution in [2.45, 2.75) is 25.6 Å². The molecule has 0 amide bonds. The second-order valence-corrected chi connectivity index (χ2v) is 5.84. The highest BCUT2D eigenvalue weighted by Gasteiger charge is 2.10. The van der Waals surface area contributed by atoms with E-state index in [9.17, 15) is 8.42 Å². The topological polar surface area (TPSA) is 52.0 Å². The molecule has 13 heavy (non-hydrogen) atoms.